The average Bonchev–Trinajstić information content (AvgIpc) is 3.03. The van der Waals surface area contributed by atoms with Crippen molar-refractivity contribution in [2.45, 2.75) is 33.2 Å². The lowest BCUT2D eigenvalue weighted by atomic mass is 10.0. The molecule has 1 aromatic heterocycles. The van der Waals surface area contributed by atoms with Gasteiger partial charge in [-0.05, 0) is 50.1 Å². The molecule has 1 N–H and O–H groups in total. The van der Waals surface area contributed by atoms with Crippen LogP contribution >= 0.6 is 0 Å². The van der Waals surface area contributed by atoms with E-state index < -0.39 is 0 Å². The van der Waals surface area contributed by atoms with Crippen LogP contribution in [0.5, 0.6) is 0 Å². The molecule has 4 heteroatoms. The highest BCUT2D eigenvalue weighted by atomic mass is 16.1. The maximum Gasteiger partial charge on any atom is 0.168 e. The molecule has 2 aromatic rings. The molecule has 0 bridgehead atoms. The summed E-state index contributed by atoms with van der Waals surface area (Å²) in [6, 6.07) is 7.95. The number of aromatic nitrogens is 2. The fourth-order valence-corrected chi connectivity index (χ4v) is 2.76. The van der Waals surface area contributed by atoms with Crippen LogP contribution in [0.3, 0.4) is 0 Å². The molecule has 4 nitrogen and oxygen atoms in total. The van der Waals surface area contributed by atoms with Gasteiger partial charge < -0.3 is 5.32 Å². The van der Waals surface area contributed by atoms with E-state index in [0.29, 0.717) is 6.42 Å². The molecule has 0 unspecified atom stereocenters. The van der Waals surface area contributed by atoms with Gasteiger partial charge in [-0.1, -0.05) is 0 Å². The van der Waals surface area contributed by atoms with Crippen molar-refractivity contribution in [2.75, 3.05) is 11.9 Å². The zero-order valence-electron chi connectivity index (χ0n) is 11.9. The third kappa shape index (κ3) is 2.33. The lowest BCUT2D eigenvalue weighted by Crippen LogP contribution is -2.10. The van der Waals surface area contributed by atoms with Crippen molar-refractivity contribution in [1.29, 1.82) is 0 Å². The van der Waals surface area contributed by atoms with E-state index >= 15 is 0 Å². The molecule has 1 aromatic carbocycles. The van der Waals surface area contributed by atoms with Gasteiger partial charge in [-0.2, -0.15) is 5.10 Å². The Morgan fingerprint density at radius 2 is 2.25 bits per heavy atom. The minimum Gasteiger partial charge on any atom is -0.384 e. The Kier molecular flexibility index (Phi) is 3.30. The third-order valence-electron chi connectivity index (χ3n) is 3.76. The Bertz CT molecular complexity index is 658. The van der Waals surface area contributed by atoms with E-state index in [1.165, 1.54) is 5.56 Å². The Morgan fingerprint density at radius 3 is 3.05 bits per heavy atom. The number of aryl methyl sites for hydroxylation is 2. The lowest BCUT2D eigenvalue weighted by molar-refractivity contribution is 0.0990. The highest BCUT2D eigenvalue weighted by Crippen LogP contribution is 2.23. The minimum atomic E-state index is 0.161. The normalized spacial score (nSPS) is 13.1. The molecule has 1 aliphatic heterocycles. The summed E-state index contributed by atoms with van der Waals surface area (Å²) < 4.78 is 1.90. The minimum absolute atomic E-state index is 0.161. The predicted molar refractivity (Wildman–Crippen MR) is 79.3 cm³/mol. The quantitative estimate of drug-likeness (QED) is 0.868. The van der Waals surface area contributed by atoms with Gasteiger partial charge >= 0.3 is 0 Å². The van der Waals surface area contributed by atoms with Gasteiger partial charge in [0.2, 0.25) is 0 Å². The molecular weight excluding hydrogens is 250 g/mol. The predicted octanol–water partition coefficient (Wildman–Crippen LogP) is 2.60. The number of carbonyl (C=O) groups is 1. The molecule has 0 saturated heterocycles. The molecule has 0 saturated carbocycles. The van der Waals surface area contributed by atoms with Crippen molar-refractivity contribution in [1.82, 2.24) is 9.78 Å². The summed E-state index contributed by atoms with van der Waals surface area (Å²) in [5, 5.41) is 7.70. The average molecular weight is 269 g/mol. The number of hydrogen-bond donors (Lipinski definition) is 1. The molecule has 0 aliphatic carbocycles. The van der Waals surface area contributed by atoms with Gasteiger partial charge in [0.1, 0.15) is 0 Å². The summed E-state index contributed by atoms with van der Waals surface area (Å²) in [7, 11) is 0. The molecule has 0 amide bonds. The topological polar surface area (TPSA) is 46.9 Å². The van der Waals surface area contributed by atoms with Crippen LogP contribution in [0.25, 0.3) is 0 Å². The molecule has 0 spiro atoms. The molecule has 2 heterocycles. The number of benzene rings is 1. The molecule has 0 radical (unpaired) electrons. The third-order valence-corrected chi connectivity index (χ3v) is 3.76. The molecule has 20 heavy (non-hydrogen) atoms. The summed E-state index contributed by atoms with van der Waals surface area (Å²) in [6.07, 6.45) is 1.42. The van der Waals surface area contributed by atoms with Crippen LogP contribution in [0, 0.1) is 6.92 Å². The van der Waals surface area contributed by atoms with Crippen LogP contribution in [-0.4, -0.2) is 22.1 Å². The fourth-order valence-electron chi connectivity index (χ4n) is 2.76. The Morgan fingerprint density at radius 1 is 1.40 bits per heavy atom. The smallest absolute Gasteiger partial charge is 0.168 e. The van der Waals surface area contributed by atoms with E-state index in [4.69, 9.17) is 0 Å². The van der Waals surface area contributed by atoms with Crippen LogP contribution in [0.1, 0.15) is 34.2 Å². The number of hydrogen-bond acceptors (Lipinski definition) is 3. The molecular formula is C16H19N3O. The number of ketones is 1. The highest BCUT2D eigenvalue weighted by Gasteiger charge is 2.15. The first kappa shape index (κ1) is 12.9. The van der Waals surface area contributed by atoms with Crippen LogP contribution in [0.4, 0.5) is 5.69 Å². The van der Waals surface area contributed by atoms with Gasteiger partial charge in [0.15, 0.2) is 5.78 Å². The van der Waals surface area contributed by atoms with Crippen molar-refractivity contribution >= 4 is 11.5 Å². The number of fused-ring (bicyclic) bond motifs is 1. The summed E-state index contributed by atoms with van der Waals surface area (Å²) >= 11 is 0. The first-order valence-corrected chi connectivity index (χ1v) is 7.10. The Balaban J connectivity index is 1.82. The zero-order valence-corrected chi connectivity index (χ0v) is 11.9. The van der Waals surface area contributed by atoms with E-state index in [1.807, 2.05) is 42.8 Å². The Labute approximate surface area is 118 Å². The zero-order chi connectivity index (χ0) is 14.1. The highest BCUT2D eigenvalue weighted by molar-refractivity contribution is 5.98. The maximum atomic E-state index is 12.4. The van der Waals surface area contributed by atoms with Crippen molar-refractivity contribution in [3.05, 3.63) is 46.8 Å². The molecule has 0 atom stereocenters. The molecule has 3 rings (SSSR count). The summed E-state index contributed by atoms with van der Waals surface area (Å²) in [6.45, 7) is 5.77. The first-order chi connectivity index (χ1) is 9.67. The first-order valence-electron chi connectivity index (χ1n) is 7.10. The SMILES string of the molecule is CCn1nc(C)cc1CC(=O)c1ccc2c(c1)CCN2. The van der Waals surface area contributed by atoms with Crippen LogP contribution < -0.4 is 5.32 Å². The van der Waals surface area contributed by atoms with Gasteiger partial charge in [-0.25, -0.2) is 0 Å². The molecule has 1 aliphatic rings. The van der Waals surface area contributed by atoms with Gasteiger partial charge in [0.25, 0.3) is 0 Å². The van der Waals surface area contributed by atoms with Gasteiger partial charge in [0.05, 0.1) is 12.1 Å². The van der Waals surface area contributed by atoms with E-state index in [1.54, 1.807) is 0 Å². The van der Waals surface area contributed by atoms with E-state index in [-0.39, 0.29) is 5.78 Å². The number of nitrogens with one attached hydrogen (secondary N) is 1. The van der Waals surface area contributed by atoms with Crippen molar-refractivity contribution in [2.24, 2.45) is 0 Å². The molecule has 104 valence electrons. The monoisotopic (exact) mass is 269 g/mol. The van der Waals surface area contributed by atoms with Gasteiger partial charge in [-0.15, -0.1) is 0 Å². The van der Waals surface area contributed by atoms with Crippen molar-refractivity contribution in [3.8, 4) is 0 Å². The molecule has 0 fully saturated rings. The largest absolute Gasteiger partial charge is 0.384 e. The van der Waals surface area contributed by atoms with Crippen LogP contribution in [0.15, 0.2) is 24.3 Å². The van der Waals surface area contributed by atoms with Gasteiger partial charge in [-0.3, -0.25) is 9.48 Å². The summed E-state index contributed by atoms with van der Waals surface area (Å²) in [5.41, 5.74) is 5.17. The second-order valence-electron chi connectivity index (χ2n) is 5.24. The van der Waals surface area contributed by atoms with Crippen LogP contribution in [-0.2, 0) is 19.4 Å². The van der Waals surface area contributed by atoms with E-state index in [0.717, 1.165) is 42.1 Å². The standard InChI is InChI=1S/C16H19N3O/c1-3-19-14(8-11(2)18-19)10-16(20)13-4-5-15-12(9-13)6-7-17-15/h4-5,8-9,17H,3,6-7,10H2,1-2H3. The fraction of sp³-hybridized carbons (Fsp3) is 0.375. The number of Topliss-reactive ketones (excluding diaryl/α,β-unsaturated/α-hetero) is 1. The van der Waals surface area contributed by atoms with E-state index in [2.05, 4.69) is 10.4 Å². The van der Waals surface area contributed by atoms with Gasteiger partial charge in [0, 0.05) is 30.0 Å². The van der Waals surface area contributed by atoms with Crippen molar-refractivity contribution < 1.29 is 4.79 Å². The summed E-state index contributed by atoms with van der Waals surface area (Å²) in [4.78, 5) is 12.4. The second kappa shape index (κ2) is 5.12. The van der Waals surface area contributed by atoms with E-state index in [9.17, 15) is 4.79 Å². The summed E-state index contributed by atoms with van der Waals surface area (Å²) in [5.74, 6) is 0.161. The number of carbonyl (C=O) groups excluding carboxylic acids is 1. The number of rotatable bonds is 4. The van der Waals surface area contributed by atoms with Crippen molar-refractivity contribution in [3.63, 3.8) is 0 Å². The second-order valence-corrected chi connectivity index (χ2v) is 5.24. The van der Waals surface area contributed by atoms with Crippen LogP contribution in [0.2, 0.25) is 0 Å². The lowest BCUT2D eigenvalue weighted by Gasteiger charge is -2.06. The number of nitrogens with zero attached hydrogens (tertiary/aromatic N) is 2. The maximum absolute atomic E-state index is 12.4. The Hall–Kier alpha value is -2.10. The number of anilines is 1.